The molecule has 0 saturated heterocycles. The Hall–Kier alpha value is 69.7. The molecule has 3 rings (SSSR count). The molecule has 334 valence electrons. The topological polar surface area (TPSA) is 23.3 Å². The number of Topliss-reactive ketones (excluding diaryl/α,β-unsaturated/α-hetero) is 1. The van der Waals surface area contributed by atoms with Crippen LogP contribution >= 0.6 is 0 Å². The van der Waals surface area contributed by atoms with Gasteiger partial charge in [-0.2, -0.15) is 70.9 Å². The summed E-state index contributed by atoms with van der Waals surface area (Å²) in [6.07, 6.45) is 9.54. The Morgan fingerprint density at radius 2 is 0.527 bits per heavy atom. The van der Waals surface area contributed by atoms with Crippen LogP contribution in [0.3, 0.4) is 0 Å². The Labute approximate surface area is 2230 Å². The number of hydrogen-bond donors (Lipinski definition) is 0. The van der Waals surface area contributed by atoms with Crippen LogP contribution in [0, 0.1) is 24.4 Å². The van der Waals surface area contributed by atoms with Gasteiger partial charge in [-0.25, -0.2) is 23.8 Å². The third-order valence-corrected chi connectivity index (χ3v) is 4.23. The first-order valence-electron chi connectivity index (χ1n) is 8.65. The summed E-state index contributed by atoms with van der Waals surface area (Å²) in [5.74, 6) is -0.0270. The quantitative estimate of drug-likeness (QED) is 0.150. The van der Waals surface area contributed by atoms with E-state index in [-0.39, 0.29) is 2160 Å². The van der Waals surface area contributed by atoms with Crippen LogP contribution < -0.4 is 4.90 Å². The number of para-hydroxylation sites is 2. The maximum atomic E-state index is 12.6. The van der Waals surface area contributed by atoms with Crippen LogP contribution in [0.2, 0.25) is 0 Å². The molecule has 1 aliphatic rings. The van der Waals surface area contributed by atoms with Crippen molar-refractivity contribution in [1.82, 2.24) is 0 Å². The molecule has 0 saturated carbocycles. The molecular formula is C24H20N2OY66-4. The molecule has 0 unspecified atom stereocenters. The number of carbonyl (C=O) groups is 1. The summed E-state index contributed by atoms with van der Waals surface area (Å²) >= 11 is 0. The molecule has 3 nitrogen and oxygen atoms in total. The van der Waals surface area contributed by atoms with Gasteiger partial charge in [0, 0.05) is 2160 Å². The van der Waals surface area contributed by atoms with Crippen LogP contribution in [0.15, 0.2) is 70.8 Å². The normalized spacial score (nSPS) is 4.82. The molecule has 0 N–H and O–H groups in total. The van der Waals surface area contributed by atoms with Crippen molar-refractivity contribution in [2.45, 2.75) is 13.8 Å². The summed E-state index contributed by atoms with van der Waals surface area (Å²) in [6, 6.07) is 21.5. The van der Waals surface area contributed by atoms with E-state index >= 15 is 0 Å². The number of carbonyl (C=O) groups excluding carboxylic acids is 1. The number of nitrogens with zero attached hydrogens (tertiary/aromatic N) is 2. The molecule has 0 atom stereocenters. The van der Waals surface area contributed by atoms with Crippen molar-refractivity contribution in [2.75, 3.05) is 19.0 Å². The Morgan fingerprint density at radius 3 is 0.699 bits per heavy atom. The molecule has 0 aliphatic heterocycles. The number of hydrogen-bond acceptors (Lipinski definition) is 2. The summed E-state index contributed by atoms with van der Waals surface area (Å²) in [5, 5.41) is 0. The van der Waals surface area contributed by atoms with Gasteiger partial charge in [0.05, 0.1) is 6.21 Å². The zero-order valence-corrected chi connectivity index (χ0v) is 241. The fourth-order valence-corrected chi connectivity index (χ4v) is 2.75. The molecule has 2 aromatic carbocycles. The number of ketones is 1. The summed E-state index contributed by atoms with van der Waals surface area (Å²) < 4.78 is 1.82. The van der Waals surface area contributed by atoms with Gasteiger partial charge in [0.15, 0.2) is 0 Å². The summed E-state index contributed by atoms with van der Waals surface area (Å²) in [4.78, 5) is 14.4. The first-order valence-corrected chi connectivity index (χ1v) is 8.65. The van der Waals surface area contributed by atoms with E-state index in [1.54, 1.807) is 0 Å². The maximum absolute atomic E-state index is 12.6. The minimum absolute atomic E-state index is 0. The van der Waals surface area contributed by atoms with E-state index in [4.69, 9.17) is 0 Å². The second-order valence-corrected chi connectivity index (χ2v) is 6.29. The average Bonchev–Trinajstić information content (AvgIpc) is 2.68. The van der Waals surface area contributed by atoms with Crippen LogP contribution in [-0.2, 0) is 2160 Å². The molecule has 1 aliphatic carbocycles. The predicted molar refractivity (Wildman–Crippen MR) is 107 cm³/mol. The van der Waals surface area contributed by atoms with Crippen molar-refractivity contribution < 1.29 is 2170 Å². The minimum Gasteiger partial charge on any atom is -0.485 e. The third-order valence-electron chi connectivity index (χ3n) is 4.23. The number of anilines is 1. The molecule has 0 heterocycles. The smallest absolute Gasteiger partial charge is 0.113 e. The molecule has 0 bridgehead atoms. The second-order valence-electron chi connectivity index (χ2n) is 6.29. The Morgan fingerprint density at radius 1 is 0.323 bits per heavy atom. The van der Waals surface area contributed by atoms with Crippen LogP contribution in [0.25, 0.3) is 0 Å². The van der Waals surface area contributed by atoms with E-state index < -0.39 is 0 Å². The van der Waals surface area contributed by atoms with Crippen LogP contribution in [0.4, 0.5) is 11.4 Å². The van der Waals surface area contributed by atoms with Crippen LogP contribution in [0.5, 0.6) is 0 Å². The van der Waals surface area contributed by atoms with Crippen molar-refractivity contribution in [2.24, 2.45) is 0 Å². The van der Waals surface area contributed by atoms with Gasteiger partial charge in [-0.05, 0) is 12.7 Å². The monoisotopic (exact) mass is 6220 g/mol. The van der Waals surface area contributed by atoms with Crippen LogP contribution in [0.1, 0.15) is 13.8 Å². The van der Waals surface area contributed by atoms with Gasteiger partial charge < -0.3 is 14.3 Å². The van der Waals surface area contributed by atoms with E-state index in [9.17, 15) is 4.79 Å². The van der Waals surface area contributed by atoms with E-state index in [1.165, 1.54) is 0 Å². The molecule has 0 amide bonds. The fraction of sp³-hybridized carbons (Fsp3) is 0.167. The van der Waals surface area contributed by atoms with E-state index in [0.717, 1.165) is 22.5 Å². The average molecular weight is 6220 g/mol. The SMILES string of the molecule is CC(=[C-]N(C)c1[c-]cccc1)C1=[C-]C(=C(C)[C-]=[N+](C)c2[c-]cccc2)C1=O.[Y].[Y].[Y].[Y].[Y].[Y].[Y].[Y].[Y].[Y].[Y].[Y].[Y].[Y].[Y].[Y].[Y].[Y].[Y].[Y].[Y].[Y].[Y].[Y].[Y].[Y].[Y].[Y].[Y].[Y].[Y].[Y].[Y].[Y].[Y].[Y].[Y].[Y].[Y].[Y].[Y].[Y].[Y].[Y].[Y].[Y].[Y].[Y].[Y].[Y].[Y].[Y].[Y].[Y].[Y].[Y].[Y].[Y].[Y].[Y].[Y].[Y].[Y].[Y].[Y].[Y]. The van der Waals surface area contributed by atoms with Crippen molar-refractivity contribution >= 4 is 23.4 Å². The fourth-order valence-electron chi connectivity index (χ4n) is 2.75. The Balaban J connectivity index is -0.00000000206. The second kappa shape index (κ2) is 347. The van der Waals surface area contributed by atoms with Crippen molar-refractivity contribution in [3.63, 3.8) is 0 Å². The molecule has 0 aromatic heterocycles. The molecule has 69 heteroatoms. The van der Waals surface area contributed by atoms with Crippen molar-refractivity contribution in [1.29, 1.82) is 0 Å². The van der Waals surface area contributed by atoms with Gasteiger partial charge in [-0.15, -0.1) is 6.20 Å². The zero-order valence-electron chi connectivity index (χ0n) is 54.0. The summed E-state index contributed by atoms with van der Waals surface area (Å²) in [5.41, 5.74) is 4.39. The molecule has 0 spiro atoms. The van der Waals surface area contributed by atoms with E-state index in [1.807, 2.05) is 85.9 Å². The summed E-state index contributed by atoms with van der Waals surface area (Å²) in [7, 11) is 3.77. The molecule has 93 heavy (non-hydrogen) atoms. The minimum atomic E-state index is -0.0270. The number of allylic oxidation sites excluding steroid dienone is 5. The van der Waals surface area contributed by atoms with E-state index in [2.05, 4.69) is 30.6 Å². The first-order chi connectivity index (χ1) is 13.0. The Bertz CT molecular complexity index is 1040. The molecular weight excluding hydrogens is 6200 g/mol. The van der Waals surface area contributed by atoms with Gasteiger partial charge in [0.1, 0.15) is 7.05 Å². The predicted octanol–water partition coefficient (Wildman–Crippen LogP) is 3.82. The van der Waals surface area contributed by atoms with Crippen molar-refractivity contribution in [3.8, 4) is 0 Å². The molecule has 0 fully saturated rings. The third kappa shape index (κ3) is 278. The number of rotatable bonds is 5. The van der Waals surface area contributed by atoms with Gasteiger partial charge >= 0.3 is 0 Å². The van der Waals surface area contributed by atoms with Gasteiger partial charge in [-0.3, -0.25) is 0 Å². The number of benzene rings is 2. The van der Waals surface area contributed by atoms with E-state index in [0.29, 0.717) is 11.1 Å². The molecule has 66 radical (unpaired) electrons. The summed E-state index contributed by atoms with van der Waals surface area (Å²) in [6.45, 7) is 3.73. The van der Waals surface area contributed by atoms with Gasteiger partial charge in [0.2, 0.25) is 0 Å². The Kier molecular flexibility index (Phi) is 1630. The van der Waals surface area contributed by atoms with Crippen molar-refractivity contribution in [3.05, 3.63) is 95.2 Å². The largest absolute Gasteiger partial charge is 0.485 e. The van der Waals surface area contributed by atoms with Crippen LogP contribution in [-0.4, -0.2) is 30.7 Å². The van der Waals surface area contributed by atoms with Gasteiger partial charge in [0.25, 0.3) is 0 Å². The van der Waals surface area contributed by atoms with Gasteiger partial charge in [-0.1, -0.05) is 13.8 Å². The standard InChI is InChI=1S/C24H20N2O.66Y/c1-18(16-25(3)20-11-7-5-8-12-20)22-15-23(24(22)27)19(2)17-26(4)21-13-9-6-10-14-21;;;;;;;;;;;;;;;;;;;;;;;;;;;;;;;;;;;;;;;;;;;;;;;;;;;;;;;;;;;;;;;;;;/h5-11,13H,1-4H3;;;;;;;;;;;;;;;;;;;;;;;;;;;;;;;;;;;;;;;;;;;;;;;;;;;;;;;;;;;;;;;;;;/q-4;;;;;;;;;;;;;;;;;;;;;;;;;;;;;;;;;;;;;;;;;;;;;;;;;;;;;;;;;;;;;;;;;;. The molecule has 2 aromatic rings. The first kappa shape index (κ1) is 437. The zero-order chi connectivity index (χ0) is 19.4. The maximum Gasteiger partial charge on any atom is 0.113 e.